The predicted octanol–water partition coefficient (Wildman–Crippen LogP) is 3.97. The second-order valence-corrected chi connectivity index (χ2v) is 6.94. The van der Waals surface area contributed by atoms with Crippen molar-refractivity contribution in [2.45, 2.75) is 26.2 Å². The summed E-state index contributed by atoms with van der Waals surface area (Å²) in [6.07, 6.45) is 0. The third-order valence-corrected chi connectivity index (χ3v) is 4.32. The van der Waals surface area contributed by atoms with Crippen molar-refractivity contribution in [3.05, 3.63) is 29.3 Å². The number of thiazole rings is 1. The Kier molecular flexibility index (Phi) is 2.32. The first-order chi connectivity index (χ1) is 6.48. The van der Waals surface area contributed by atoms with Crippen LogP contribution in [0.25, 0.3) is 10.2 Å². The van der Waals surface area contributed by atoms with E-state index < -0.39 is 0 Å². The van der Waals surface area contributed by atoms with Crippen LogP contribution in [0.1, 0.15) is 26.3 Å². The molecule has 1 atom stereocenters. The lowest BCUT2D eigenvalue weighted by molar-refractivity contribution is 0.591. The molecule has 0 fully saturated rings. The zero-order chi connectivity index (χ0) is 10.3. The van der Waals surface area contributed by atoms with Crippen LogP contribution in [0.4, 0.5) is 0 Å². The minimum Gasteiger partial charge on any atom is -0.199 e. The van der Waals surface area contributed by atoms with Crippen molar-refractivity contribution in [1.82, 2.24) is 4.98 Å². The van der Waals surface area contributed by atoms with Crippen LogP contribution in [0.15, 0.2) is 23.7 Å². The fourth-order valence-corrected chi connectivity index (χ4v) is 2.89. The van der Waals surface area contributed by atoms with Crippen molar-refractivity contribution in [2.75, 3.05) is 0 Å². The van der Waals surface area contributed by atoms with Crippen molar-refractivity contribution in [1.29, 1.82) is 0 Å². The van der Waals surface area contributed by atoms with E-state index in [0.717, 1.165) is 5.52 Å². The van der Waals surface area contributed by atoms with E-state index in [1.54, 1.807) is 0 Å². The van der Waals surface area contributed by atoms with E-state index in [0.29, 0.717) is 0 Å². The Balaban J connectivity index is 2.63. The van der Waals surface area contributed by atoms with Crippen LogP contribution in [0.2, 0.25) is 0 Å². The van der Waals surface area contributed by atoms with E-state index in [-0.39, 0.29) is 14.9 Å². The van der Waals surface area contributed by atoms with E-state index in [2.05, 4.69) is 55.6 Å². The molecule has 1 heterocycles. The van der Waals surface area contributed by atoms with Crippen LogP contribution >= 0.6 is 21.2 Å². The average molecular weight is 224 g/mol. The molecular weight excluding hydrogens is 210 g/mol. The minimum atomic E-state index is -0.0801. The molecule has 0 aliphatic rings. The van der Waals surface area contributed by atoms with Crippen molar-refractivity contribution in [2.24, 2.45) is 0 Å². The average Bonchev–Trinajstić information content (AvgIpc) is 2.46. The molecule has 0 bridgehead atoms. The fraction of sp³-hybridized carbons (Fsp3) is 0.364. The van der Waals surface area contributed by atoms with E-state index in [1.807, 2.05) is 5.51 Å². The lowest BCUT2D eigenvalue weighted by atomic mass is 9.87. The van der Waals surface area contributed by atoms with Gasteiger partial charge in [-0.15, -0.1) is 0 Å². The second-order valence-electron chi connectivity index (χ2n) is 4.48. The highest BCUT2D eigenvalue weighted by Gasteiger charge is 2.17. The zero-order valence-electron chi connectivity index (χ0n) is 8.61. The highest BCUT2D eigenvalue weighted by atomic mass is 33.1. The molecule has 1 nitrogen and oxygen atoms in total. The maximum absolute atomic E-state index is 4.46. The Hall–Kier alpha value is -0.540. The van der Waals surface area contributed by atoms with Gasteiger partial charge in [-0.25, -0.2) is 0 Å². The lowest BCUT2D eigenvalue weighted by Crippen LogP contribution is -2.10. The Morgan fingerprint density at radius 3 is 2.64 bits per heavy atom. The largest absolute Gasteiger partial charge is 0.243 e. The molecule has 2 rings (SSSR count). The van der Waals surface area contributed by atoms with Gasteiger partial charge in [-0.2, -0.15) is 4.98 Å². The molecule has 3 heteroatoms. The van der Waals surface area contributed by atoms with E-state index >= 15 is 0 Å². The third kappa shape index (κ3) is 1.66. The van der Waals surface area contributed by atoms with Crippen molar-refractivity contribution >= 4 is 31.4 Å². The summed E-state index contributed by atoms with van der Waals surface area (Å²) in [5, 5.41) is 0. The van der Waals surface area contributed by atoms with Crippen LogP contribution in [-0.2, 0) is 5.41 Å². The standard InChI is InChI=1S/C11H14NS2/c1-11(2,3)8-4-5-10-9(6-8)12-7-14(10)13/h4-7,13H,1-3H3/q+1. The summed E-state index contributed by atoms with van der Waals surface area (Å²) in [6.45, 7) is 6.65. The molecule has 1 unspecified atom stereocenters. The first kappa shape index (κ1) is 9.99. The highest BCUT2D eigenvalue weighted by molar-refractivity contribution is 8.34. The molecule has 0 radical (unpaired) electrons. The van der Waals surface area contributed by atoms with Crippen molar-refractivity contribution in [3.8, 4) is 0 Å². The molecule has 74 valence electrons. The molecule has 2 aromatic rings. The first-order valence-electron chi connectivity index (χ1n) is 4.59. The van der Waals surface area contributed by atoms with Gasteiger partial charge in [0.15, 0.2) is 0 Å². The maximum atomic E-state index is 4.46. The van der Waals surface area contributed by atoms with E-state index in [9.17, 15) is 0 Å². The number of nitrogens with zero attached hydrogens (tertiary/aromatic N) is 1. The van der Waals surface area contributed by atoms with Gasteiger partial charge >= 0.3 is 0 Å². The summed E-state index contributed by atoms with van der Waals surface area (Å²) in [4.78, 5) is 4.37. The highest BCUT2D eigenvalue weighted by Crippen LogP contribution is 2.34. The molecule has 14 heavy (non-hydrogen) atoms. The van der Waals surface area contributed by atoms with Gasteiger partial charge in [0.05, 0.1) is 9.50 Å². The van der Waals surface area contributed by atoms with Gasteiger partial charge in [0.25, 0.3) is 0 Å². The molecule has 1 aromatic heterocycles. The monoisotopic (exact) mass is 224 g/mol. The SMILES string of the molecule is CC(C)(C)c1ccc2c(c1)nc[s+]2S. The summed E-state index contributed by atoms with van der Waals surface area (Å²) in [6, 6.07) is 6.51. The summed E-state index contributed by atoms with van der Waals surface area (Å²) in [7, 11) is -0.0801. The van der Waals surface area contributed by atoms with Crippen LogP contribution in [-0.4, -0.2) is 4.98 Å². The van der Waals surface area contributed by atoms with E-state index in [4.69, 9.17) is 0 Å². The molecular formula is C11H14NS2+. The van der Waals surface area contributed by atoms with Crippen LogP contribution < -0.4 is 0 Å². The fourth-order valence-electron chi connectivity index (χ4n) is 1.43. The molecule has 0 spiro atoms. The predicted molar refractivity (Wildman–Crippen MR) is 67.3 cm³/mol. The molecule has 0 saturated heterocycles. The van der Waals surface area contributed by atoms with Crippen molar-refractivity contribution in [3.63, 3.8) is 0 Å². The quantitative estimate of drug-likeness (QED) is 0.406. The summed E-state index contributed by atoms with van der Waals surface area (Å²) in [5.41, 5.74) is 4.54. The number of benzene rings is 1. The van der Waals surface area contributed by atoms with E-state index in [1.165, 1.54) is 10.3 Å². The Labute approximate surface area is 92.0 Å². The Morgan fingerprint density at radius 2 is 2.00 bits per heavy atom. The molecule has 0 N–H and O–H groups in total. The van der Waals surface area contributed by atoms with Gasteiger partial charge in [0.1, 0.15) is 17.2 Å². The molecule has 0 amide bonds. The van der Waals surface area contributed by atoms with Crippen LogP contribution in [0.5, 0.6) is 0 Å². The van der Waals surface area contributed by atoms with Crippen LogP contribution in [0.3, 0.4) is 0 Å². The molecule has 1 aromatic carbocycles. The number of aromatic nitrogens is 1. The summed E-state index contributed by atoms with van der Waals surface area (Å²) in [5.74, 6) is 0. The number of fused-ring (bicyclic) bond motifs is 1. The number of thiol groups is 1. The van der Waals surface area contributed by atoms with Crippen LogP contribution in [0, 0.1) is 0 Å². The van der Waals surface area contributed by atoms with Gasteiger partial charge in [0.2, 0.25) is 10.2 Å². The van der Waals surface area contributed by atoms with Gasteiger partial charge < -0.3 is 0 Å². The minimum absolute atomic E-state index is 0.0801. The zero-order valence-corrected chi connectivity index (χ0v) is 10.3. The normalized spacial score (nSPS) is 13.6. The van der Waals surface area contributed by atoms with Gasteiger partial charge in [-0.05, 0) is 17.0 Å². The Bertz CT molecular complexity index is 466. The van der Waals surface area contributed by atoms with Crippen molar-refractivity contribution < 1.29 is 0 Å². The first-order valence-corrected chi connectivity index (χ1v) is 6.93. The molecule has 0 saturated carbocycles. The second kappa shape index (κ2) is 3.24. The number of hydrogen-bond donors (Lipinski definition) is 1. The number of hydrogen-bond acceptors (Lipinski definition) is 2. The maximum Gasteiger partial charge on any atom is 0.243 e. The van der Waals surface area contributed by atoms with Gasteiger partial charge in [-0.1, -0.05) is 26.8 Å². The topological polar surface area (TPSA) is 12.9 Å². The third-order valence-electron chi connectivity index (χ3n) is 2.34. The summed E-state index contributed by atoms with van der Waals surface area (Å²) >= 11 is 4.46. The Morgan fingerprint density at radius 1 is 1.29 bits per heavy atom. The lowest BCUT2D eigenvalue weighted by Gasteiger charge is -2.18. The van der Waals surface area contributed by atoms with Gasteiger partial charge in [-0.3, -0.25) is 0 Å². The smallest absolute Gasteiger partial charge is 0.199 e. The number of rotatable bonds is 0. The van der Waals surface area contributed by atoms with Gasteiger partial charge in [0, 0.05) is 6.07 Å². The molecule has 0 aliphatic heterocycles. The summed E-state index contributed by atoms with van der Waals surface area (Å²) < 4.78 is 1.25. The molecule has 0 aliphatic carbocycles.